The first kappa shape index (κ1) is 12.4. The molecule has 88 valence electrons. The van der Waals surface area contributed by atoms with Gasteiger partial charge in [0.2, 0.25) is 0 Å². The van der Waals surface area contributed by atoms with Gasteiger partial charge in [0.25, 0.3) is 0 Å². The zero-order chi connectivity index (χ0) is 11.8. The number of rotatable bonds is 6. The van der Waals surface area contributed by atoms with Gasteiger partial charge in [0.1, 0.15) is 0 Å². The molecule has 0 aliphatic heterocycles. The Morgan fingerprint density at radius 3 is 2.62 bits per heavy atom. The molecule has 0 aromatic heterocycles. The van der Waals surface area contributed by atoms with Gasteiger partial charge in [-0.05, 0) is 25.5 Å². The number of amides is 2. The van der Waals surface area contributed by atoms with Crippen molar-refractivity contribution < 1.29 is 4.79 Å². The van der Waals surface area contributed by atoms with E-state index in [0.717, 1.165) is 19.5 Å². The summed E-state index contributed by atoms with van der Waals surface area (Å²) < 4.78 is 0. The molecule has 0 fully saturated rings. The van der Waals surface area contributed by atoms with Crippen LogP contribution in [0.15, 0.2) is 30.3 Å². The summed E-state index contributed by atoms with van der Waals surface area (Å²) in [4.78, 5) is 12.7. The van der Waals surface area contributed by atoms with Gasteiger partial charge in [-0.25, -0.2) is 4.79 Å². The van der Waals surface area contributed by atoms with Crippen molar-refractivity contribution in [2.75, 3.05) is 24.5 Å². The zero-order valence-corrected chi connectivity index (χ0v) is 9.65. The van der Waals surface area contributed by atoms with Crippen LogP contribution >= 0.6 is 0 Å². The smallest absolute Gasteiger partial charge is 0.312 e. The van der Waals surface area contributed by atoms with E-state index in [1.165, 1.54) is 5.69 Å². The fourth-order valence-electron chi connectivity index (χ4n) is 1.59. The second kappa shape index (κ2) is 6.71. The maximum Gasteiger partial charge on any atom is 0.312 e. The molecule has 0 radical (unpaired) electrons. The van der Waals surface area contributed by atoms with Gasteiger partial charge >= 0.3 is 6.03 Å². The van der Waals surface area contributed by atoms with Gasteiger partial charge < -0.3 is 16.0 Å². The van der Waals surface area contributed by atoms with Gasteiger partial charge in [0, 0.05) is 25.3 Å². The summed E-state index contributed by atoms with van der Waals surface area (Å²) in [7, 11) is 0. The van der Waals surface area contributed by atoms with E-state index >= 15 is 0 Å². The minimum Gasteiger partial charge on any atom is -0.372 e. The Kier molecular flexibility index (Phi) is 5.19. The van der Waals surface area contributed by atoms with Crippen LogP contribution in [0.1, 0.15) is 13.3 Å². The summed E-state index contributed by atoms with van der Waals surface area (Å²) in [6, 6.07) is 9.78. The van der Waals surface area contributed by atoms with Crippen LogP contribution in [-0.4, -0.2) is 25.7 Å². The maximum absolute atomic E-state index is 10.5. The van der Waals surface area contributed by atoms with E-state index < -0.39 is 6.03 Å². The molecular weight excluding hydrogens is 202 g/mol. The summed E-state index contributed by atoms with van der Waals surface area (Å²) in [6.07, 6.45) is 0.895. The van der Waals surface area contributed by atoms with Crippen molar-refractivity contribution in [3.05, 3.63) is 30.3 Å². The average Bonchev–Trinajstić information content (AvgIpc) is 2.30. The monoisotopic (exact) mass is 221 g/mol. The number of carbonyl (C=O) groups is 1. The Labute approximate surface area is 96.4 Å². The first-order chi connectivity index (χ1) is 7.74. The van der Waals surface area contributed by atoms with Crippen molar-refractivity contribution in [1.29, 1.82) is 0 Å². The molecule has 4 heteroatoms. The van der Waals surface area contributed by atoms with E-state index in [-0.39, 0.29) is 0 Å². The number of nitrogens with zero attached hydrogens (tertiary/aromatic N) is 1. The number of benzene rings is 1. The standard InChI is InChI=1S/C12H19N3O/c1-2-15(10-6-9-14-12(13)16)11-7-4-3-5-8-11/h3-5,7-8H,2,6,9-10H2,1H3,(H3,13,14,16). The number of hydrogen-bond donors (Lipinski definition) is 2. The molecule has 0 bridgehead atoms. The van der Waals surface area contributed by atoms with E-state index in [0.29, 0.717) is 6.54 Å². The Bertz CT molecular complexity index is 313. The van der Waals surface area contributed by atoms with Gasteiger partial charge in [-0.2, -0.15) is 0 Å². The van der Waals surface area contributed by atoms with Gasteiger partial charge in [-0.15, -0.1) is 0 Å². The molecule has 0 unspecified atom stereocenters. The summed E-state index contributed by atoms with van der Waals surface area (Å²) in [5.41, 5.74) is 6.20. The van der Waals surface area contributed by atoms with Crippen molar-refractivity contribution in [3.8, 4) is 0 Å². The van der Waals surface area contributed by atoms with Crippen LogP contribution in [0.25, 0.3) is 0 Å². The molecule has 0 aliphatic carbocycles. The summed E-state index contributed by atoms with van der Waals surface area (Å²) in [6.45, 7) is 4.62. The second-order valence-corrected chi connectivity index (χ2v) is 3.56. The van der Waals surface area contributed by atoms with Crippen LogP contribution in [0.3, 0.4) is 0 Å². The van der Waals surface area contributed by atoms with Gasteiger partial charge in [-0.1, -0.05) is 18.2 Å². The van der Waals surface area contributed by atoms with Crippen LogP contribution < -0.4 is 16.0 Å². The van der Waals surface area contributed by atoms with Gasteiger partial charge in [-0.3, -0.25) is 0 Å². The van der Waals surface area contributed by atoms with E-state index in [2.05, 4.69) is 29.3 Å². The van der Waals surface area contributed by atoms with Crippen LogP contribution in [0.4, 0.5) is 10.5 Å². The number of para-hydroxylation sites is 1. The van der Waals surface area contributed by atoms with Gasteiger partial charge in [0.15, 0.2) is 0 Å². The molecule has 2 amide bonds. The molecule has 1 aromatic rings. The molecule has 16 heavy (non-hydrogen) atoms. The maximum atomic E-state index is 10.5. The van der Waals surface area contributed by atoms with Crippen LogP contribution in [0.5, 0.6) is 0 Å². The molecule has 4 nitrogen and oxygen atoms in total. The molecule has 1 rings (SSSR count). The van der Waals surface area contributed by atoms with Gasteiger partial charge in [0.05, 0.1) is 0 Å². The SMILES string of the molecule is CCN(CCCNC(N)=O)c1ccccc1. The fourth-order valence-corrected chi connectivity index (χ4v) is 1.59. The molecule has 0 saturated heterocycles. The minimum absolute atomic E-state index is 0.456. The summed E-state index contributed by atoms with van der Waals surface area (Å²) >= 11 is 0. The number of anilines is 1. The molecule has 1 aromatic carbocycles. The lowest BCUT2D eigenvalue weighted by Crippen LogP contribution is -2.33. The van der Waals surface area contributed by atoms with Crippen molar-refractivity contribution >= 4 is 11.7 Å². The zero-order valence-electron chi connectivity index (χ0n) is 9.65. The number of primary amides is 1. The lowest BCUT2D eigenvalue weighted by Gasteiger charge is -2.22. The fraction of sp³-hybridized carbons (Fsp3) is 0.417. The summed E-state index contributed by atoms with van der Waals surface area (Å²) in [5.74, 6) is 0. The first-order valence-corrected chi connectivity index (χ1v) is 5.57. The Morgan fingerprint density at radius 2 is 2.06 bits per heavy atom. The highest BCUT2D eigenvalue weighted by Crippen LogP contribution is 2.12. The second-order valence-electron chi connectivity index (χ2n) is 3.56. The normalized spacial score (nSPS) is 9.81. The lowest BCUT2D eigenvalue weighted by molar-refractivity contribution is 0.249. The highest BCUT2D eigenvalue weighted by molar-refractivity contribution is 5.71. The third-order valence-electron chi connectivity index (χ3n) is 2.41. The van der Waals surface area contributed by atoms with E-state index in [4.69, 9.17) is 5.73 Å². The van der Waals surface area contributed by atoms with Crippen molar-refractivity contribution in [2.24, 2.45) is 5.73 Å². The predicted octanol–water partition coefficient (Wildman–Crippen LogP) is 1.57. The lowest BCUT2D eigenvalue weighted by atomic mass is 10.2. The van der Waals surface area contributed by atoms with Crippen molar-refractivity contribution in [1.82, 2.24) is 5.32 Å². The largest absolute Gasteiger partial charge is 0.372 e. The molecule has 0 aliphatic rings. The first-order valence-electron chi connectivity index (χ1n) is 5.57. The minimum atomic E-state index is -0.456. The highest BCUT2D eigenvalue weighted by atomic mass is 16.2. The number of carbonyl (C=O) groups excluding carboxylic acids is 1. The Balaban J connectivity index is 2.35. The Hall–Kier alpha value is -1.71. The number of nitrogens with two attached hydrogens (primary N) is 1. The average molecular weight is 221 g/mol. The molecule has 0 saturated carbocycles. The Morgan fingerprint density at radius 1 is 1.38 bits per heavy atom. The molecule has 0 heterocycles. The topological polar surface area (TPSA) is 58.4 Å². The number of nitrogens with one attached hydrogen (secondary N) is 1. The highest BCUT2D eigenvalue weighted by Gasteiger charge is 2.02. The molecular formula is C12H19N3O. The molecule has 0 atom stereocenters. The van der Waals surface area contributed by atoms with Crippen molar-refractivity contribution in [2.45, 2.75) is 13.3 Å². The third-order valence-corrected chi connectivity index (χ3v) is 2.41. The van der Waals surface area contributed by atoms with E-state index in [1.807, 2.05) is 18.2 Å². The number of urea groups is 1. The molecule has 3 N–H and O–H groups in total. The quantitative estimate of drug-likeness (QED) is 0.716. The third kappa shape index (κ3) is 4.21. The summed E-state index contributed by atoms with van der Waals surface area (Å²) in [5, 5.41) is 2.59. The van der Waals surface area contributed by atoms with Crippen molar-refractivity contribution in [3.63, 3.8) is 0 Å². The van der Waals surface area contributed by atoms with Crippen LogP contribution in [0.2, 0.25) is 0 Å². The van der Waals surface area contributed by atoms with Crippen LogP contribution in [0, 0.1) is 0 Å². The predicted molar refractivity (Wildman–Crippen MR) is 66.5 cm³/mol. The number of hydrogen-bond acceptors (Lipinski definition) is 2. The molecule has 0 spiro atoms. The van der Waals surface area contributed by atoms with Crippen LogP contribution in [-0.2, 0) is 0 Å². The van der Waals surface area contributed by atoms with E-state index in [9.17, 15) is 4.79 Å². The van der Waals surface area contributed by atoms with E-state index in [1.54, 1.807) is 0 Å².